The highest BCUT2D eigenvalue weighted by Gasteiger charge is 2.09. The lowest BCUT2D eigenvalue weighted by Crippen LogP contribution is -2.17. The van der Waals surface area contributed by atoms with Crippen molar-refractivity contribution in [3.63, 3.8) is 0 Å². The molecule has 3 rings (SSSR count). The third kappa shape index (κ3) is 1.99. The van der Waals surface area contributed by atoms with Gasteiger partial charge in [-0.2, -0.15) is 0 Å². The minimum atomic E-state index is -0.326. The molecule has 2 aromatic carbocycles. The van der Waals surface area contributed by atoms with Crippen LogP contribution in [0.3, 0.4) is 0 Å². The highest BCUT2D eigenvalue weighted by atomic mass is 19.1. The zero-order chi connectivity index (χ0) is 13.4. The van der Waals surface area contributed by atoms with E-state index in [1.54, 1.807) is 36.4 Å². The zero-order valence-corrected chi connectivity index (χ0v) is 10.1. The number of benzene rings is 2. The van der Waals surface area contributed by atoms with Gasteiger partial charge >= 0.3 is 5.69 Å². The zero-order valence-electron chi connectivity index (χ0n) is 10.1. The van der Waals surface area contributed by atoms with Crippen molar-refractivity contribution in [2.24, 2.45) is 0 Å². The number of nitrogen functional groups attached to an aromatic ring is 1. The van der Waals surface area contributed by atoms with Crippen molar-refractivity contribution in [2.45, 2.75) is 6.54 Å². The van der Waals surface area contributed by atoms with E-state index in [4.69, 9.17) is 5.73 Å². The summed E-state index contributed by atoms with van der Waals surface area (Å²) in [7, 11) is 0. The van der Waals surface area contributed by atoms with Crippen molar-refractivity contribution in [1.29, 1.82) is 0 Å². The lowest BCUT2D eigenvalue weighted by molar-refractivity contribution is 0.599. The van der Waals surface area contributed by atoms with Crippen LogP contribution >= 0.6 is 0 Å². The Morgan fingerprint density at radius 3 is 2.79 bits per heavy atom. The van der Waals surface area contributed by atoms with Crippen LogP contribution in [0, 0.1) is 5.82 Å². The first-order chi connectivity index (χ1) is 9.15. The maximum Gasteiger partial charge on any atom is 0.326 e. The molecule has 1 heterocycles. The maximum atomic E-state index is 13.6. The molecule has 0 aliphatic rings. The number of hydrogen-bond donors (Lipinski definition) is 2. The first kappa shape index (κ1) is 11.5. The average Bonchev–Trinajstić information content (AvgIpc) is 2.69. The number of nitrogens with one attached hydrogen (secondary N) is 1. The van der Waals surface area contributed by atoms with Gasteiger partial charge in [-0.25, -0.2) is 9.18 Å². The van der Waals surface area contributed by atoms with Crippen molar-refractivity contribution >= 4 is 16.7 Å². The molecule has 0 aliphatic carbocycles. The van der Waals surface area contributed by atoms with E-state index in [1.807, 2.05) is 0 Å². The maximum absolute atomic E-state index is 13.6. The summed E-state index contributed by atoms with van der Waals surface area (Å²) in [5, 5.41) is 0. The molecule has 0 radical (unpaired) electrons. The summed E-state index contributed by atoms with van der Waals surface area (Å²) >= 11 is 0. The van der Waals surface area contributed by atoms with Crippen LogP contribution in [0.25, 0.3) is 11.0 Å². The Morgan fingerprint density at radius 1 is 1.21 bits per heavy atom. The Morgan fingerprint density at radius 2 is 2.00 bits per heavy atom. The van der Waals surface area contributed by atoms with Gasteiger partial charge in [0.25, 0.3) is 0 Å². The third-order valence-corrected chi connectivity index (χ3v) is 3.09. The lowest BCUT2D eigenvalue weighted by atomic mass is 10.2. The number of imidazole rings is 1. The smallest absolute Gasteiger partial charge is 0.326 e. The monoisotopic (exact) mass is 257 g/mol. The normalized spacial score (nSPS) is 11.0. The van der Waals surface area contributed by atoms with Crippen molar-refractivity contribution in [1.82, 2.24) is 9.55 Å². The van der Waals surface area contributed by atoms with E-state index < -0.39 is 0 Å². The van der Waals surface area contributed by atoms with E-state index >= 15 is 0 Å². The Kier molecular flexibility index (Phi) is 2.59. The molecule has 3 N–H and O–H groups in total. The molecule has 0 amide bonds. The quantitative estimate of drug-likeness (QED) is 0.690. The number of nitrogens with zero attached hydrogens (tertiary/aromatic N) is 1. The first-order valence-corrected chi connectivity index (χ1v) is 5.86. The molecule has 0 unspecified atom stereocenters. The van der Waals surface area contributed by atoms with Crippen LogP contribution in [0.15, 0.2) is 47.3 Å². The number of aromatic amines is 1. The number of halogens is 1. The summed E-state index contributed by atoms with van der Waals surface area (Å²) < 4.78 is 15.1. The van der Waals surface area contributed by atoms with Gasteiger partial charge in [0.1, 0.15) is 5.82 Å². The molecule has 0 spiro atoms. The topological polar surface area (TPSA) is 63.8 Å². The van der Waals surface area contributed by atoms with Crippen molar-refractivity contribution in [3.05, 3.63) is 64.3 Å². The number of nitrogens with two attached hydrogens (primary N) is 1. The molecule has 1 aromatic heterocycles. The fourth-order valence-corrected chi connectivity index (χ4v) is 2.12. The van der Waals surface area contributed by atoms with Gasteiger partial charge in [0, 0.05) is 11.3 Å². The molecule has 0 bridgehead atoms. The molecule has 0 saturated heterocycles. The predicted octanol–water partition coefficient (Wildman–Crippen LogP) is 2.10. The molecule has 0 saturated carbocycles. The molecule has 3 aromatic rings. The summed E-state index contributed by atoms with van der Waals surface area (Å²) in [6.45, 7) is 0.176. The number of fused-ring (bicyclic) bond motifs is 1. The fourth-order valence-electron chi connectivity index (χ4n) is 2.12. The number of rotatable bonds is 2. The van der Waals surface area contributed by atoms with E-state index in [-0.39, 0.29) is 18.1 Å². The van der Waals surface area contributed by atoms with Gasteiger partial charge in [-0.3, -0.25) is 4.57 Å². The SMILES string of the molecule is Nc1ccc2[nH]c(=O)n(Cc3ccccc3F)c2c1. The molecular formula is C14H12FN3O. The summed E-state index contributed by atoms with van der Waals surface area (Å²) in [6.07, 6.45) is 0. The Hall–Kier alpha value is -2.56. The van der Waals surface area contributed by atoms with Gasteiger partial charge < -0.3 is 10.7 Å². The average molecular weight is 257 g/mol. The molecule has 0 atom stereocenters. The standard InChI is InChI=1S/C14H12FN3O/c15-11-4-2-1-3-9(11)8-18-13-7-10(16)5-6-12(13)17-14(18)19/h1-7H,8,16H2,(H,17,19). The highest BCUT2D eigenvalue weighted by Crippen LogP contribution is 2.16. The van der Waals surface area contributed by atoms with E-state index in [9.17, 15) is 9.18 Å². The Bertz CT molecular complexity index is 804. The third-order valence-electron chi connectivity index (χ3n) is 3.09. The van der Waals surface area contributed by atoms with Crippen molar-refractivity contribution in [2.75, 3.05) is 5.73 Å². The number of anilines is 1. The Labute approximate surface area is 108 Å². The molecule has 0 fully saturated rings. The van der Waals surface area contributed by atoms with Crippen LogP contribution in [0.4, 0.5) is 10.1 Å². The molecule has 0 aliphatic heterocycles. The van der Waals surface area contributed by atoms with Gasteiger partial charge in [-0.05, 0) is 24.3 Å². The van der Waals surface area contributed by atoms with E-state index in [2.05, 4.69) is 4.98 Å². The van der Waals surface area contributed by atoms with E-state index in [0.29, 0.717) is 22.3 Å². The fraction of sp³-hybridized carbons (Fsp3) is 0.0714. The van der Waals surface area contributed by atoms with Crippen LogP contribution in [0.2, 0.25) is 0 Å². The minimum absolute atomic E-state index is 0.176. The van der Waals surface area contributed by atoms with Gasteiger partial charge in [0.2, 0.25) is 0 Å². The molecule has 5 heteroatoms. The van der Waals surface area contributed by atoms with Crippen molar-refractivity contribution < 1.29 is 4.39 Å². The first-order valence-electron chi connectivity index (χ1n) is 5.86. The summed E-state index contributed by atoms with van der Waals surface area (Å²) in [5.41, 5.74) is 7.84. The summed E-state index contributed by atoms with van der Waals surface area (Å²) in [4.78, 5) is 14.6. The second-order valence-electron chi connectivity index (χ2n) is 4.38. The van der Waals surface area contributed by atoms with Crippen LogP contribution in [0.1, 0.15) is 5.56 Å². The van der Waals surface area contributed by atoms with Gasteiger partial charge in [0.05, 0.1) is 17.6 Å². The Balaban J connectivity index is 2.15. The number of aromatic nitrogens is 2. The molecule has 19 heavy (non-hydrogen) atoms. The van der Waals surface area contributed by atoms with Gasteiger partial charge in [-0.1, -0.05) is 18.2 Å². The van der Waals surface area contributed by atoms with Crippen LogP contribution in [-0.4, -0.2) is 9.55 Å². The molecular weight excluding hydrogens is 245 g/mol. The summed E-state index contributed by atoms with van der Waals surface area (Å²) in [5.74, 6) is -0.326. The molecule has 4 nitrogen and oxygen atoms in total. The van der Waals surface area contributed by atoms with Crippen molar-refractivity contribution in [3.8, 4) is 0 Å². The second kappa shape index (κ2) is 4.28. The molecule has 96 valence electrons. The van der Waals surface area contributed by atoms with Crippen LogP contribution in [0.5, 0.6) is 0 Å². The van der Waals surface area contributed by atoms with Gasteiger partial charge in [-0.15, -0.1) is 0 Å². The minimum Gasteiger partial charge on any atom is -0.399 e. The number of H-pyrrole nitrogens is 1. The van der Waals surface area contributed by atoms with Gasteiger partial charge in [0.15, 0.2) is 0 Å². The lowest BCUT2D eigenvalue weighted by Gasteiger charge is -2.05. The largest absolute Gasteiger partial charge is 0.399 e. The highest BCUT2D eigenvalue weighted by molar-refractivity contribution is 5.79. The van der Waals surface area contributed by atoms with Crippen LogP contribution < -0.4 is 11.4 Å². The second-order valence-corrected chi connectivity index (χ2v) is 4.38. The number of hydrogen-bond acceptors (Lipinski definition) is 2. The van der Waals surface area contributed by atoms with E-state index in [1.165, 1.54) is 10.6 Å². The predicted molar refractivity (Wildman–Crippen MR) is 72.5 cm³/mol. The summed E-state index contributed by atoms with van der Waals surface area (Å²) in [6, 6.07) is 11.6. The van der Waals surface area contributed by atoms with E-state index in [0.717, 1.165) is 0 Å². The van der Waals surface area contributed by atoms with Crippen LogP contribution in [-0.2, 0) is 6.54 Å².